The highest BCUT2D eigenvalue weighted by Gasteiger charge is 1.97. The van der Waals surface area contributed by atoms with Gasteiger partial charge in [-0.05, 0) is 6.42 Å². The zero-order valence-electron chi connectivity index (χ0n) is 25.1. The maximum Gasteiger partial charge on any atom is 0.330 e. The lowest BCUT2D eigenvalue weighted by atomic mass is 10.0. The van der Waals surface area contributed by atoms with E-state index in [1.54, 1.807) is 0 Å². The van der Waals surface area contributed by atoms with E-state index in [4.69, 9.17) is 33.2 Å². The molecule has 0 saturated heterocycles. The average Bonchev–Trinajstić information content (AvgIpc) is 2.95. The molecule has 8 nitrogen and oxygen atoms in total. The highest BCUT2D eigenvalue weighted by molar-refractivity contribution is 5.81. The summed E-state index contributed by atoms with van der Waals surface area (Å²) in [5.74, 6) is -0.446. The summed E-state index contributed by atoms with van der Waals surface area (Å²) in [5, 5.41) is 0. The Balaban J connectivity index is 3.04. The second kappa shape index (κ2) is 35.0. The van der Waals surface area contributed by atoms with Gasteiger partial charge in [0.15, 0.2) is 0 Å². The van der Waals surface area contributed by atoms with Gasteiger partial charge in [0.1, 0.15) is 6.61 Å². The lowest BCUT2D eigenvalue weighted by Gasteiger charge is -2.08. The van der Waals surface area contributed by atoms with Crippen molar-refractivity contribution in [3.05, 3.63) is 12.7 Å². The molecule has 39 heavy (non-hydrogen) atoms. The molecule has 0 unspecified atom stereocenters. The van der Waals surface area contributed by atoms with Crippen molar-refractivity contribution in [1.82, 2.24) is 0 Å². The molecule has 0 aliphatic carbocycles. The standard InChI is InChI=1S/C31H60O8/c1-3-5-6-7-8-9-10-11-12-13-14-15-16-17-18-33-19-20-34-21-22-35-23-24-36-25-26-37-27-28-38-29-30-39-31(32)4-2/h4H,2-3,5-30H2,1H3. The molecule has 0 aliphatic heterocycles. The molecule has 0 heterocycles. The van der Waals surface area contributed by atoms with Crippen LogP contribution in [0.3, 0.4) is 0 Å². The summed E-state index contributed by atoms with van der Waals surface area (Å²) in [5.41, 5.74) is 0. The number of ether oxygens (including phenoxy) is 7. The van der Waals surface area contributed by atoms with Crippen LogP contribution in [0, 0.1) is 0 Å². The number of unbranched alkanes of at least 4 members (excludes halogenated alkanes) is 13. The molecule has 0 amide bonds. The smallest absolute Gasteiger partial charge is 0.330 e. The predicted molar refractivity (Wildman–Crippen MR) is 156 cm³/mol. The van der Waals surface area contributed by atoms with Gasteiger partial charge in [-0.25, -0.2) is 4.79 Å². The van der Waals surface area contributed by atoms with Crippen LogP contribution in [0.4, 0.5) is 0 Å². The van der Waals surface area contributed by atoms with E-state index in [1.807, 2.05) is 0 Å². The molecule has 8 heteroatoms. The first-order chi connectivity index (χ1) is 19.3. The Morgan fingerprint density at radius 1 is 0.436 bits per heavy atom. The fourth-order valence-corrected chi connectivity index (χ4v) is 3.86. The van der Waals surface area contributed by atoms with Crippen molar-refractivity contribution < 1.29 is 38.0 Å². The molecular formula is C31H60O8. The van der Waals surface area contributed by atoms with Crippen LogP contribution >= 0.6 is 0 Å². The van der Waals surface area contributed by atoms with Crippen LogP contribution in [0.15, 0.2) is 12.7 Å². The molecule has 0 atom stereocenters. The summed E-state index contributed by atoms with van der Waals surface area (Å²) < 4.78 is 37.6. The SMILES string of the molecule is C=CC(=O)OCCOCCOCCOCCOCCOCCOCCCCCCCCCCCCCCCC. The van der Waals surface area contributed by atoms with Gasteiger partial charge >= 0.3 is 5.97 Å². The Kier molecular flexibility index (Phi) is 34.1. The van der Waals surface area contributed by atoms with Crippen LogP contribution in [0.1, 0.15) is 96.8 Å². The number of carbonyl (C=O) groups excluding carboxylic acids is 1. The Labute approximate surface area is 239 Å². The number of hydrogen-bond donors (Lipinski definition) is 0. The quantitative estimate of drug-likeness (QED) is 0.0515. The molecule has 0 bridgehead atoms. The van der Waals surface area contributed by atoms with Gasteiger partial charge in [-0.3, -0.25) is 0 Å². The Bertz CT molecular complexity index is 489. The fraction of sp³-hybridized carbons (Fsp3) is 0.903. The lowest BCUT2D eigenvalue weighted by molar-refractivity contribution is -0.139. The molecule has 0 radical (unpaired) electrons. The molecule has 0 N–H and O–H groups in total. The van der Waals surface area contributed by atoms with E-state index in [2.05, 4.69) is 13.5 Å². The first-order valence-electron chi connectivity index (χ1n) is 15.6. The first kappa shape index (κ1) is 38.0. The molecule has 0 aromatic heterocycles. The van der Waals surface area contributed by atoms with Gasteiger partial charge in [0, 0.05) is 12.7 Å². The van der Waals surface area contributed by atoms with Gasteiger partial charge in [-0.1, -0.05) is 97.0 Å². The molecule has 0 saturated carbocycles. The molecule has 0 aromatic carbocycles. The van der Waals surface area contributed by atoms with Crippen LogP contribution < -0.4 is 0 Å². The summed E-state index contributed by atoms with van der Waals surface area (Å²) in [7, 11) is 0. The maximum atomic E-state index is 10.8. The van der Waals surface area contributed by atoms with Gasteiger partial charge in [-0.2, -0.15) is 0 Å². The van der Waals surface area contributed by atoms with Crippen molar-refractivity contribution in [2.45, 2.75) is 96.8 Å². The molecule has 0 aromatic rings. The number of carbonyl (C=O) groups is 1. The van der Waals surface area contributed by atoms with E-state index in [-0.39, 0.29) is 6.61 Å². The monoisotopic (exact) mass is 560 g/mol. The number of hydrogen-bond acceptors (Lipinski definition) is 8. The van der Waals surface area contributed by atoms with Gasteiger partial charge in [0.05, 0.1) is 72.7 Å². The second-order valence-electron chi connectivity index (χ2n) is 9.64. The van der Waals surface area contributed by atoms with Crippen molar-refractivity contribution in [2.24, 2.45) is 0 Å². The largest absolute Gasteiger partial charge is 0.460 e. The van der Waals surface area contributed by atoms with E-state index in [1.165, 1.54) is 83.5 Å². The van der Waals surface area contributed by atoms with Crippen molar-refractivity contribution in [3.63, 3.8) is 0 Å². The number of esters is 1. The second-order valence-corrected chi connectivity index (χ2v) is 9.64. The zero-order valence-corrected chi connectivity index (χ0v) is 25.1. The average molecular weight is 561 g/mol. The van der Waals surface area contributed by atoms with E-state index in [9.17, 15) is 4.79 Å². The van der Waals surface area contributed by atoms with E-state index < -0.39 is 5.97 Å². The molecule has 0 spiro atoms. The summed E-state index contributed by atoms with van der Waals surface area (Å²) in [6.45, 7) is 12.3. The minimum atomic E-state index is -0.446. The lowest BCUT2D eigenvalue weighted by Crippen LogP contribution is -2.15. The van der Waals surface area contributed by atoms with Crippen molar-refractivity contribution in [2.75, 3.05) is 85.9 Å². The van der Waals surface area contributed by atoms with E-state index >= 15 is 0 Å². The van der Waals surface area contributed by atoms with Crippen LogP contribution in [0.2, 0.25) is 0 Å². The maximum absolute atomic E-state index is 10.8. The molecule has 232 valence electrons. The summed E-state index contributed by atoms with van der Waals surface area (Å²) in [4.78, 5) is 10.8. The molecule has 0 aliphatic rings. The van der Waals surface area contributed by atoms with Crippen LogP contribution in [-0.4, -0.2) is 91.9 Å². The Hall–Kier alpha value is -1.03. The van der Waals surface area contributed by atoms with Crippen molar-refractivity contribution in [3.8, 4) is 0 Å². The van der Waals surface area contributed by atoms with Crippen LogP contribution in [-0.2, 0) is 38.0 Å². The third-order valence-corrected chi connectivity index (χ3v) is 6.14. The fourth-order valence-electron chi connectivity index (χ4n) is 3.86. The Morgan fingerprint density at radius 3 is 1.05 bits per heavy atom. The summed E-state index contributed by atoms with van der Waals surface area (Å²) in [6.07, 6.45) is 20.4. The van der Waals surface area contributed by atoms with E-state index in [0.29, 0.717) is 72.7 Å². The summed E-state index contributed by atoms with van der Waals surface area (Å²) >= 11 is 0. The van der Waals surface area contributed by atoms with Gasteiger partial charge in [0.2, 0.25) is 0 Å². The minimum absolute atomic E-state index is 0.215. The molecular weight excluding hydrogens is 500 g/mol. The molecule has 0 rings (SSSR count). The first-order valence-corrected chi connectivity index (χ1v) is 15.6. The van der Waals surface area contributed by atoms with Crippen LogP contribution in [0.5, 0.6) is 0 Å². The van der Waals surface area contributed by atoms with Crippen molar-refractivity contribution in [1.29, 1.82) is 0 Å². The highest BCUT2D eigenvalue weighted by Crippen LogP contribution is 2.12. The normalized spacial score (nSPS) is 11.2. The highest BCUT2D eigenvalue weighted by atomic mass is 16.6. The number of rotatable bonds is 34. The van der Waals surface area contributed by atoms with Crippen LogP contribution in [0.25, 0.3) is 0 Å². The van der Waals surface area contributed by atoms with Crippen molar-refractivity contribution >= 4 is 5.97 Å². The Morgan fingerprint density at radius 2 is 0.718 bits per heavy atom. The molecule has 0 fully saturated rings. The summed E-state index contributed by atoms with van der Waals surface area (Å²) in [6, 6.07) is 0. The minimum Gasteiger partial charge on any atom is -0.460 e. The zero-order chi connectivity index (χ0) is 28.3. The predicted octanol–water partition coefficient (Wildman–Crippen LogP) is 6.30. The van der Waals surface area contributed by atoms with Gasteiger partial charge in [0.25, 0.3) is 0 Å². The third-order valence-electron chi connectivity index (χ3n) is 6.14. The van der Waals surface area contributed by atoms with Gasteiger partial charge in [-0.15, -0.1) is 0 Å². The topological polar surface area (TPSA) is 81.7 Å². The third kappa shape index (κ3) is 34.9. The van der Waals surface area contributed by atoms with Gasteiger partial charge < -0.3 is 33.2 Å². The van der Waals surface area contributed by atoms with E-state index in [0.717, 1.165) is 19.1 Å².